The lowest BCUT2D eigenvalue weighted by atomic mass is 9.84. The van der Waals surface area contributed by atoms with E-state index in [1.165, 1.54) is 4.88 Å². The Hall–Kier alpha value is -1.70. The highest BCUT2D eigenvalue weighted by Crippen LogP contribution is 2.42. The Morgan fingerprint density at radius 2 is 1.57 bits per heavy atom. The molecule has 0 saturated heterocycles. The third-order valence-corrected chi connectivity index (χ3v) is 9.64. The van der Waals surface area contributed by atoms with E-state index in [0.717, 1.165) is 53.5 Å². The highest BCUT2D eigenvalue weighted by Gasteiger charge is 2.36. The van der Waals surface area contributed by atoms with Gasteiger partial charge in [-0.3, -0.25) is 4.79 Å². The predicted molar refractivity (Wildman–Crippen MR) is 123 cm³/mol. The summed E-state index contributed by atoms with van der Waals surface area (Å²) in [5.41, 5.74) is 4.53. The van der Waals surface area contributed by atoms with Gasteiger partial charge in [0.1, 0.15) is 0 Å². The van der Waals surface area contributed by atoms with Crippen LogP contribution in [0.4, 0.5) is 0 Å². The van der Waals surface area contributed by atoms with Gasteiger partial charge in [-0.15, -0.1) is 11.3 Å². The third kappa shape index (κ3) is 4.34. The van der Waals surface area contributed by atoms with Gasteiger partial charge in [-0.2, -0.15) is 0 Å². The molecule has 1 amide bonds. The van der Waals surface area contributed by atoms with Crippen LogP contribution in [0.15, 0.2) is 22.4 Å². The van der Waals surface area contributed by atoms with E-state index < -0.39 is 10.0 Å². The molecule has 2 aromatic rings. The molecule has 1 heterocycles. The van der Waals surface area contributed by atoms with Gasteiger partial charge in [0, 0.05) is 16.8 Å². The first-order valence-corrected chi connectivity index (χ1v) is 12.8. The molecule has 164 valence electrons. The molecule has 0 radical (unpaired) electrons. The minimum atomic E-state index is -3.78. The zero-order valence-electron chi connectivity index (χ0n) is 18.5. The van der Waals surface area contributed by atoms with Crippen LogP contribution in [0.2, 0.25) is 0 Å². The van der Waals surface area contributed by atoms with E-state index in [9.17, 15) is 13.2 Å². The van der Waals surface area contributed by atoms with E-state index in [0.29, 0.717) is 11.4 Å². The lowest BCUT2D eigenvalue weighted by Crippen LogP contribution is -2.43. The largest absolute Gasteiger partial charge is 0.354 e. The van der Waals surface area contributed by atoms with Crippen molar-refractivity contribution < 1.29 is 13.2 Å². The van der Waals surface area contributed by atoms with Gasteiger partial charge < -0.3 is 5.32 Å². The molecule has 0 aliphatic heterocycles. The fraction of sp³-hybridized carbons (Fsp3) is 0.522. The first-order valence-electron chi connectivity index (χ1n) is 10.5. The second-order valence-corrected chi connectivity index (χ2v) is 11.2. The Labute approximate surface area is 184 Å². The van der Waals surface area contributed by atoms with Crippen LogP contribution in [0.5, 0.6) is 0 Å². The van der Waals surface area contributed by atoms with Crippen LogP contribution in [0.3, 0.4) is 0 Å². The zero-order chi connectivity index (χ0) is 22.1. The van der Waals surface area contributed by atoms with E-state index in [2.05, 4.69) is 21.5 Å². The molecule has 3 rings (SSSR count). The average molecular weight is 449 g/mol. The van der Waals surface area contributed by atoms with Gasteiger partial charge in [-0.05, 0) is 86.7 Å². The van der Waals surface area contributed by atoms with Crippen molar-refractivity contribution in [2.45, 2.75) is 70.6 Å². The number of carbonyl (C=O) groups excluding carboxylic acids is 1. The maximum Gasteiger partial charge on any atom is 0.241 e. The fourth-order valence-corrected chi connectivity index (χ4v) is 7.14. The molecule has 5 nitrogen and oxygen atoms in total. The first kappa shape index (κ1) is 23.0. The summed E-state index contributed by atoms with van der Waals surface area (Å²) in [6.07, 6.45) is 4.43. The Morgan fingerprint density at radius 3 is 2.10 bits per heavy atom. The van der Waals surface area contributed by atoms with Crippen molar-refractivity contribution in [1.29, 1.82) is 0 Å². The number of hydrogen-bond donors (Lipinski definition) is 2. The molecule has 0 atom stereocenters. The summed E-state index contributed by atoms with van der Waals surface area (Å²) in [6.45, 7) is 9.84. The van der Waals surface area contributed by atoms with Crippen molar-refractivity contribution in [3.8, 4) is 0 Å². The molecule has 2 N–H and O–H groups in total. The average Bonchev–Trinajstić information content (AvgIpc) is 3.40. The topological polar surface area (TPSA) is 75.3 Å². The number of amides is 1. The molecule has 0 spiro atoms. The zero-order valence-corrected chi connectivity index (χ0v) is 20.1. The van der Waals surface area contributed by atoms with Crippen LogP contribution in [0, 0.1) is 34.6 Å². The van der Waals surface area contributed by atoms with Gasteiger partial charge in [-0.25, -0.2) is 13.1 Å². The van der Waals surface area contributed by atoms with Gasteiger partial charge in [-0.1, -0.05) is 18.9 Å². The minimum absolute atomic E-state index is 0.0128. The number of rotatable bonds is 7. The van der Waals surface area contributed by atoms with Crippen LogP contribution in [-0.2, 0) is 20.2 Å². The van der Waals surface area contributed by atoms with Gasteiger partial charge >= 0.3 is 0 Å². The van der Waals surface area contributed by atoms with Gasteiger partial charge in [0.05, 0.1) is 11.4 Å². The molecule has 1 fully saturated rings. The summed E-state index contributed by atoms with van der Waals surface area (Å²) < 4.78 is 28.5. The van der Waals surface area contributed by atoms with Crippen molar-refractivity contribution in [3.05, 3.63) is 50.2 Å². The van der Waals surface area contributed by atoms with Crippen molar-refractivity contribution in [2.24, 2.45) is 0 Å². The van der Waals surface area contributed by atoms with Crippen molar-refractivity contribution in [2.75, 3.05) is 13.1 Å². The Kier molecular flexibility index (Phi) is 6.75. The number of nitrogens with one attached hydrogen (secondary N) is 2. The number of hydrogen-bond acceptors (Lipinski definition) is 4. The molecule has 1 saturated carbocycles. The monoisotopic (exact) mass is 448 g/mol. The van der Waals surface area contributed by atoms with Crippen LogP contribution < -0.4 is 10.0 Å². The SMILES string of the molecule is Cc1c(C)c(C)c(S(=O)(=O)NCC(=O)NCC2(c3cccs3)CCCC2)c(C)c1C. The third-order valence-electron chi connectivity index (χ3n) is 6.85. The quantitative estimate of drug-likeness (QED) is 0.667. The lowest BCUT2D eigenvalue weighted by molar-refractivity contribution is -0.120. The fourth-order valence-electron chi connectivity index (χ4n) is 4.57. The van der Waals surface area contributed by atoms with Crippen LogP contribution in [-0.4, -0.2) is 27.4 Å². The number of benzene rings is 1. The lowest BCUT2D eigenvalue weighted by Gasteiger charge is -2.28. The van der Waals surface area contributed by atoms with Crippen LogP contribution in [0.25, 0.3) is 0 Å². The van der Waals surface area contributed by atoms with E-state index in [1.54, 1.807) is 11.3 Å². The molecule has 0 bridgehead atoms. The van der Waals surface area contributed by atoms with Crippen LogP contribution >= 0.6 is 11.3 Å². The Balaban J connectivity index is 1.69. The van der Waals surface area contributed by atoms with Crippen molar-refractivity contribution in [1.82, 2.24) is 10.0 Å². The van der Waals surface area contributed by atoms with E-state index >= 15 is 0 Å². The van der Waals surface area contributed by atoms with E-state index in [1.807, 2.05) is 40.7 Å². The summed E-state index contributed by atoms with van der Waals surface area (Å²) in [5, 5.41) is 5.05. The molecule has 1 aromatic heterocycles. The summed E-state index contributed by atoms with van der Waals surface area (Å²) in [4.78, 5) is 14.1. The molecule has 30 heavy (non-hydrogen) atoms. The smallest absolute Gasteiger partial charge is 0.241 e. The molecule has 1 aliphatic carbocycles. The number of thiophene rings is 1. The maximum absolute atomic E-state index is 13.0. The standard InChI is InChI=1S/C23H32N2O3S2/c1-15-16(2)18(4)22(19(5)17(15)3)30(27,28)25-13-21(26)24-14-23(10-6-7-11-23)20-9-8-12-29-20/h8-9,12,25H,6-7,10-11,13-14H2,1-5H3,(H,24,26). The van der Waals surface area contributed by atoms with E-state index in [-0.39, 0.29) is 17.9 Å². The minimum Gasteiger partial charge on any atom is -0.354 e. The summed E-state index contributed by atoms with van der Waals surface area (Å²) in [6, 6.07) is 4.19. The number of sulfonamides is 1. The number of carbonyl (C=O) groups is 1. The van der Waals surface area contributed by atoms with Gasteiger partial charge in [0.15, 0.2) is 0 Å². The second kappa shape index (κ2) is 8.81. The maximum atomic E-state index is 13.0. The molecular weight excluding hydrogens is 416 g/mol. The molecule has 1 aliphatic rings. The highest BCUT2D eigenvalue weighted by atomic mass is 32.2. The molecule has 7 heteroatoms. The summed E-state index contributed by atoms with van der Waals surface area (Å²) in [5.74, 6) is -0.294. The molecular formula is C23H32N2O3S2. The molecule has 1 aromatic carbocycles. The van der Waals surface area contributed by atoms with Gasteiger partial charge in [0.2, 0.25) is 15.9 Å². The molecule has 0 unspecified atom stereocenters. The summed E-state index contributed by atoms with van der Waals surface area (Å²) >= 11 is 1.73. The van der Waals surface area contributed by atoms with Crippen molar-refractivity contribution >= 4 is 27.3 Å². The Morgan fingerprint density at radius 1 is 1.00 bits per heavy atom. The van der Waals surface area contributed by atoms with Gasteiger partial charge in [0.25, 0.3) is 0 Å². The summed E-state index contributed by atoms with van der Waals surface area (Å²) in [7, 11) is -3.78. The Bertz CT molecular complexity index is 1010. The van der Waals surface area contributed by atoms with E-state index in [4.69, 9.17) is 0 Å². The van der Waals surface area contributed by atoms with Crippen LogP contribution in [0.1, 0.15) is 58.4 Å². The van der Waals surface area contributed by atoms with Crippen molar-refractivity contribution in [3.63, 3.8) is 0 Å². The first-order chi connectivity index (χ1) is 14.1. The highest BCUT2D eigenvalue weighted by molar-refractivity contribution is 7.89. The normalized spacial score (nSPS) is 16.0. The second-order valence-electron chi connectivity index (χ2n) is 8.52. The predicted octanol–water partition coefficient (Wildman–Crippen LogP) is 4.20.